The van der Waals surface area contributed by atoms with Crippen molar-refractivity contribution in [3.8, 4) is 6.07 Å². The largest absolute Gasteiger partial charge is 0.338 e. The number of piperazine rings is 1. The van der Waals surface area contributed by atoms with Gasteiger partial charge in [-0.15, -0.1) is 0 Å². The number of carbonyl (C=O) groups is 1. The predicted octanol–water partition coefficient (Wildman–Crippen LogP) is 2.40. The normalized spacial score (nSPS) is 26.6. The van der Waals surface area contributed by atoms with Crippen molar-refractivity contribution in [1.29, 1.82) is 5.26 Å². The predicted molar refractivity (Wildman–Crippen MR) is 79.0 cm³/mol. The lowest BCUT2D eigenvalue weighted by atomic mass is 9.80. The summed E-state index contributed by atoms with van der Waals surface area (Å²) in [6.07, 6.45) is 5.83. The van der Waals surface area contributed by atoms with Crippen molar-refractivity contribution < 1.29 is 4.79 Å². The van der Waals surface area contributed by atoms with Gasteiger partial charge in [-0.25, -0.2) is 0 Å². The molecule has 0 radical (unpaired) electrons. The topological polar surface area (TPSA) is 47.3 Å². The standard InChI is InChI=1S/C16H27N3O/c1-15(2)13-19(11-10-18(15)3)14(20)16(12-17)8-6-4-5-7-9-16/h4-11,13H2,1-3H3. The van der Waals surface area contributed by atoms with Gasteiger partial charge >= 0.3 is 0 Å². The lowest BCUT2D eigenvalue weighted by Crippen LogP contribution is -2.61. The Kier molecular flexibility index (Phi) is 4.39. The van der Waals surface area contributed by atoms with Crippen molar-refractivity contribution in [3.05, 3.63) is 0 Å². The van der Waals surface area contributed by atoms with Gasteiger partial charge in [0.25, 0.3) is 0 Å². The fraction of sp³-hybridized carbons (Fsp3) is 0.875. The molecule has 1 amide bonds. The molecule has 0 aromatic rings. The highest BCUT2D eigenvalue weighted by atomic mass is 16.2. The van der Waals surface area contributed by atoms with Crippen LogP contribution in [-0.4, -0.2) is 47.9 Å². The minimum Gasteiger partial charge on any atom is -0.338 e. The molecule has 4 nitrogen and oxygen atoms in total. The summed E-state index contributed by atoms with van der Waals surface area (Å²) >= 11 is 0. The molecule has 0 aromatic carbocycles. The van der Waals surface area contributed by atoms with Gasteiger partial charge < -0.3 is 4.90 Å². The Morgan fingerprint density at radius 3 is 2.20 bits per heavy atom. The van der Waals surface area contributed by atoms with Gasteiger partial charge in [-0.05, 0) is 33.7 Å². The second kappa shape index (κ2) is 5.73. The molecule has 2 aliphatic rings. The molecule has 1 aliphatic carbocycles. The SMILES string of the molecule is CN1CCN(C(=O)C2(C#N)CCCCCC2)CC1(C)C. The average molecular weight is 277 g/mol. The van der Waals surface area contributed by atoms with Crippen molar-refractivity contribution in [3.63, 3.8) is 0 Å². The lowest BCUT2D eigenvalue weighted by Gasteiger charge is -2.47. The first kappa shape index (κ1) is 15.3. The number of likely N-dealkylation sites (N-methyl/N-ethyl adjacent to an activating group) is 1. The summed E-state index contributed by atoms with van der Waals surface area (Å²) in [6, 6.07) is 2.39. The lowest BCUT2D eigenvalue weighted by molar-refractivity contribution is -0.144. The molecular formula is C16H27N3O. The molecule has 1 saturated carbocycles. The number of amides is 1. The van der Waals surface area contributed by atoms with Crippen LogP contribution in [0.2, 0.25) is 0 Å². The van der Waals surface area contributed by atoms with E-state index in [1.807, 2.05) is 4.90 Å². The van der Waals surface area contributed by atoms with E-state index in [9.17, 15) is 10.1 Å². The first-order chi connectivity index (χ1) is 9.41. The second-order valence-corrected chi connectivity index (χ2v) is 7.07. The Labute approximate surface area is 122 Å². The van der Waals surface area contributed by atoms with E-state index in [-0.39, 0.29) is 11.4 Å². The van der Waals surface area contributed by atoms with Crippen LogP contribution in [0.25, 0.3) is 0 Å². The summed E-state index contributed by atoms with van der Waals surface area (Å²) in [4.78, 5) is 17.2. The molecule has 112 valence electrons. The van der Waals surface area contributed by atoms with Gasteiger partial charge in [0.05, 0.1) is 6.07 Å². The Balaban J connectivity index is 2.15. The van der Waals surface area contributed by atoms with Gasteiger partial charge in [0, 0.05) is 25.2 Å². The van der Waals surface area contributed by atoms with Crippen LogP contribution >= 0.6 is 0 Å². The minimum absolute atomic E-state index is 0.00468. The molecule has 1 heterocycles. The van der Waals surface area contributed by atoms with E-state index in [0.29, 0.717) is 0 Å². The molecule has 0 unspecified atom stereocenters. The minimum atomic E-state index is -0.748. The quantitative estimate of drug-likeness (QED) is 0.691. The maximum atomic E-state index is 12.9. The van der Waals surface area contributed by atoms with Crippen LogP contribution in [0.5, 0.6) is 0 Å². The van der Waals surface area contributed by atoms with Crippen molar-refractivity contribution in [2.75, 3.05) is 26.7 Å². The maximum Gasteiger partial charge on any atom is 0.243 e. The van der Waals surface area contributed by atoms with Gasteiger partial charge in [-0.3, -0.25) is 9.69 Å². The maximum absolute atomic E-state index is 12.9. The van der Waals surface area contributed by atoms with Crippen molar-refractivity contribution in [2.24, 2.45) is 5.41 Å². The van der Waals surface area contributed by atoms with Gasteiger partial charge in [0.15, 0.2) is 0 Å². The zero-order valence-electron chi connectivity index (χ0n) is 13.1. The van der Waals surface area contributed by atoms with E-state index in [1.165, 1.54) is 0 Å². The van der Waals surface area contributed by atoms with E-state index in [1.54, 1.807) is 0 Å². The van der Waals surface area contributed by atoms with Crippen LogP contribution in [0.15, 0.2) is 0 Å². The molecule has 0 atom stereocenters. The van der Waals surface area contributed by atoms with Gasteiger partial charge in [0.1, 0.15) is 5.41 Å². The highest BCUT2D eigenvalue weighted by Gasteiger charge is 2.44. The zero-order chi connectivity index (χ0) is 14.8. The van der Waals surface area contributed by atoms with Crippen molar-refractivity contribution >= 4 is 5.91 Å². The molecule has 0 bridgehead atoms. The molecule has 0 aromatic heterocycles. The monoisotopic (exact) mass is 277 g/mol. The van der Waals surface area contributed by atoms with Crippen molar-refractivity contribution in [2.45, 2.75) is 57.9 Å². The number of carbonyl (C=O) groups excluding carboxylic acids is 1. The average Bonchev–Trinajstić information content (AvgIpc) is 2.67. The summed E-state index contributed by atoms with van der Waals surface area (Å²) in [5.41, 5.74) is -0.752. The Morgan fingerprint density at radius 2 is 1.70 bits per heavy atom. The molecule has 1 aliphatic heterocycles. The van der Waals surface area contributed by atoms with Gasteiger partial charge in [-0.1, -0.05) is 25.7 Å². The number of rotatable bonds is 1. The Morgan fingerprint density at radius 1 is 1.10 bits per heavy atom. The molecule has 0 spiro atoms. The third-order valence-corrected chi connectivity index (χ3v) is 5.18. The molecule has 0 N–H and O–H groups in total. The smallest absolute Gasteiger partial charge is 0.243 e. The number of nitriles is 1. The first-order valence-electron chi connectivity index (χ1n) is 7.83. The van der Waals surface area contributed by atoms with E-state index in [2.05, 4.69) is 31.9 Å². The molecular weight excluding hydrogens is 250 g/mol. The molecule has 2 rings (SSSR count). The van der Waals surface area contributed by atoms with Gasteiger partial charge in [0.2, 0.25) is 5.91 Å². The Hall–Kier alpha value is -1.08. The fourth-order valence-electron chi connectivity index (χ4n) is 3.42. The van der Waals surface area contributed by atoms with E-state index in [0.717, 1.165) is 58.2 Å². The first-order valence-corrected chi connectivity index (χ1v) is 7.83. The summed E-state index contributed by atoms with van der Waals surface area (Å²) in [7, 11) is 2.10. The van der Waals surface area contributed by atoms with Gasteiger partial charge in [-0.2, -0.15) is 5.26 Å². The highest BCUT2D eigenvalue weighted by Crippen LogP contribution is 2.37. The molecule has 2 fully saturated rings. The Bertz CT molecular complexity index is 402. The fourth-order valence-corrected chi connectivity index (χ4v) is 3.42. The molecule has 4 heteroatoms. The van der Waals surface area contributed by atoms with Crippen LogP contribution in [0.3, 0.4) is 0 Å². The number of nitrogens with zero attached hydrogens (tertiary/aromatic N) is 3. The van der Waals surface area contributed by atoms with E-state index < -0.39 is 5.41 Å². The molecule has 1 saturated heterocycles. The van der Waals surface area contributed by atoms with Crippen LogP contribution < -0.4 is 0 Å². The zero-order valence-corrected chi connectivity index (χ0v) is 13.1. The number of hydrogen-bond donors (Lipinski definition) is 0. The van der Waals surface area contributed by atoms with E-state index >= 15 is 0 Å². The van der Waals surface area contributed by atoms with E-state index in [4.69, 9.17) is 0 Å². The van der Waals surface area contributed by atoms with Crippen LogP contribution in [0.4, 0.5) is 0 Å². The third kappa shape index (κ3) is 2.83. The van der Waals surface area contributed by atoms with Crippen molar-refractivity contribution in [1.82, 2.24) is 9.80 Å². The summed E-state index contributed by atoms with van der Waals surface area (Å²) in [5, 5.41) is 9.64. The number of hydrogen-bond acceptors (Lipinski definition) is 3. The van der Waals surface area contributed by atoms with Crippen LogP contribution in [0, 0.1) is 16.7 Å². The summed E-state index contributed by atoms with van der Waals surface area (Å²) in [5.74, 6) is 0.0862. The second-order valence-electron chi connectivity index (χ2n) is 7.07. The van der Waals surface area contributed by atoms with Crippen LogP contribution in [-0.2, 0) is 4.79 Å². The molecule has 20 heavy (non-hydrogen) atoms. The summed E-state index contributed by atoms with van der Waals surface area (Å²) < 4.78 is 0. The highest BCUT2D eigenvalue weighted by molar-refractivity contribution is 5.85. The summed E-state index contributed by atoms with van der Waals surface area (Å²) in [6.45, 7) is 6.70. The third-order valence-electron chi connectivity index (χ3n) is 5.18. The van der Waals surface area contributed by atoms with Crippen LogP contribution in [0.1, 0.15) is 52.4 Å².